The molecule has 2 saturated carbocycles. The van der Waals surface area contributed by atoms with Crippen molar-refractivity contribution >= 4 is 38.5 Å². The summed E-state index contributed by atoms with van der Waals surface area (Å²) in [5.74, 6) is -0.229. The van der Waals surface area contributed by atoms with Crippen molar-refractivity contribution in [2.75, 3.05) is 13.7 Å². The molecule has 2 aromatic rings. The maximum absolute atomic E-state index is 14.0. The number of ether oxygens (including phenoxy) is 2. The number of allylic oxidation sites excluding steroid dienone is 1. The minimum absolute atomic E-state index is 0.135. The van der Waals surface area contributed by atoms with Gasteiger partial charge in [-0.2, -0.15) is 0 Å². The molecule has 1 saturated heterocycles. The lowest BCUT2D eigenvalue weighted by atomic mass is 9.95. The number of benzene rings is 1. The number of nitrogens with zero attached hydrogens (tertiary/aromatic N) is 2. The van der Waals surface area contributed by atoms with Crippen LogP contribution in [0.15, 0.2) is 42.6 Å². The number of hydrogen-bond acceptors (Lipinski definition) is 8. The van der Waals surface area contributed by atoms with Gasteiger partial charge in [-0.1, -0.05) is 38.8 Å². The van der Waals surface area contributed by atoms with Crippen molar-refractivity contribution in [3.63, 3.8) is 0 Å². The van der Waals surface area contributed by atoms with Gasteiger partial charge in [-0.05, 0) is 67.2 Å². The van der Waals surface area contributed by atoms with Gasteiger partial charge in [0, 0.05) is 30.3 Å². The number of fused-ring (bicyclic) bond motifs is 3. The monoisotopic (exact) mass is 638 g/mol. The maximum Gasteiger partial charge on any atom is 0.259 e. The average Bonchev–Trinajstić information content (AvgIpc) is 3.92. The van der Waals surface area contributed by atoms with E-state index < -0.39 is 44.8 Å². The second kappa shape index (κ2) is 12.3. The van der Waals surface area contributed by atoms with E-state index in [0.717, 1.165) is 30.0 Å². The van der Waals surface area contributed by atoms with Crippen molar-refractivity contribution in [3.05, 3.63) is 42.6 Å². The van der Waals surface area contributed by atoms with Gasteiger partial charge in [0.15, 0.2) is 0 Å². The minimum Gasteiger partial charge on any atom is -0.497 e. The van der Waals surface area contributed by atoms with Crippen LogP contribution in [0.4, 0.5) is 0 Å². The number of nitrogens with one attached hydrogen (secondary N) is 2. The van der Waals surface area contributed by atoms with Crippen LogP contribution in [-0.4, -0.2) is 72.6 Å². The van der Waals surface area contributed by atoms with E-state index in [1.54, 1.807) is 18.2 Å². The Kier molecular flexibility index (Phi) is 8.53. The highest BCUT2D eigenvalue weighted by Crippen LogP contribution is 2.46. The summed E-state index contributed by atoms with van der Waals surface area (Å²) in [6.07, 6.45) is 9.67. The van der Waals surface area contributed by atoms with Gasteiger partial charge in [0.05, 0.1) is 18.9 Å². The van der Waals surface area contributed by atoms with Crippen LogP contribution in [0.1, 0.15) is 65.2 Å². The molecule has 0 spiro atoms. The molecule has 2 aliphatic heterocycles. The van der Waals surface area contributed by atoms with Gasteiger partial charge in [-0.25, -0.2) is 13.4 Å². The molecule has 1 aromatic heterocycles. The zero-order chi connectivity index (χ0) is 31.9. The molecule has 0 bridgehead atoms. The number of sulfonamides is 1. The van der Waals surface area contributed by atoms with Gasteiger partial charge in [-0.3, -0.25) is 19.1 Å². The molecule has 1 aromatic carbocycles. The standard InChI is InChI=1S/C33H42N4O7S/c1-20-5-4-6-21(2)15-29(38)37-19-25(44-31-27-12-9-24(43-3)16-22(27)13-14-34-31)17-28(37)30(39)35-33(18-23(33)8-7-20)32(40)36-45(41,42)26-10-11-26/h7-9,12-14,16,20-21,23,25-26,28H,4-6,10-11,15,17-19H2,1-3H3,(H,35,39)(H,36,40)/b8-7-/t20-,21+,23+,25+,28-,33+/m0/s1. The van der Waals surface area contributed by atoms with E-state index in [9.17, 15) is 22.8 Å². The molecule has 242 valence electrons. The highest BCUT2D eigenvalue weighted by atomic mass is 32.2. The Morgan fingerprint density at radius 1 is 1.11 bits per heavy atom. The predicted octanol–water partition coefficient (Wildman–Crippen LogP) is 3.48. The molecule has 0 unspecified atom stereocenters. The van der Waals surface area contributed by atoms with Crippen molar-refractivity contribution in [1.29, 1.82) is 0 Å². The van der Waals surface area contributed by atoms with Gasteiger partial charge in [0.1, 0.15) is 23.4 Å². The SMILES string of the molecule is COc1ccc2c(O[C@@H]3C[C@H]4C(=O)N[C@]5(C(=O)NS(=O)(=O)C6CC6)C[C@H]5/C=C\[C@@H](C)CCC[C@@H](C)CC(=O)N4C3)nccc2c1. The first kappa shape index (κ1) is 31.3. The Balaban J connectivity index is 1.27. The molecule has 12 heteroatoms. The zero-order valence-electron chi connectivity index (χ0n) is 26.0. The average molecular weight is 639 g/mol. The van der Waals surface area contributed by atoms with Crippen LogP contribution in [0.2, 0.25) is 0 Å². The number of methoxy groups -OCH3 is 1. The Morgan fingerprint density at radius 3 is 2.67 bits per heavy atom. The number of aromatic nitrogens is 1. The van der Waals surface area contributed by atoms with Gasteiger partial charge in [0.2, 0.25) is 27.7 Å². The second-order valence-corrected chi connectivity index (χ2v) is 15.3. The minimum atomic E-state index is -3.81. The first-order valence-corrected chi connectivity index (χ1v) is 17.5. The third kappa shape index (κ3) is 6.66. The third-order valence-electron chi connectivity index (χ3n) is 9.61. The van der Waals surface area contributed by atoms with E-state index in [0.29, 0.717) is 30.9 Å². The van der Waals surface area contributed by atoms with Gasteiger partial charge in [0.25, 0.3) is 5.91 Å². The molecule has 11 nitrogen and oxygen atoms in total. The van der Waals surface area contributed by atoms with Crippen LogP contribution in [0.3, 0.4) is 0 Å². The quantitative estimate of drug-likeness (QED) is 0.458. The molecule has 0 radical (unpaired) electrons. The van der Waals surface area contributed by atoms with E-state index in [1.165, 1.54) is 0 Å². The van der Waals surface area contributed by atoms with Crippen LogP contribution < -0.4 is 19.5 Å². The molecule has 45 heavy (non-hydrogen) atoms. The number of amides is 3. The lowest BCUT2D eigenvalue weighted by Crippen LogP contribution is -2.56. The summed E-state index contributed by atoms with van der Waals surface area (Å²) in [6.45, 7) is 4.34. The van der Waals surface area contributed by atoms with E-state index in [2.05, 4.69) is 34.9 Å². The van der Waals surface area contributed by atoms with Crippen LogP contribution in [-0.2, 0) is 24.4 Å². The molecule has 3 fully saturated rings. The first-order chi connectivity index (χ1) is 21.5. The van der Waals surface area contributed by atoms with E-state index in [4.69, 9.17) is 9.47 Å². The molecule has 4 aliphatic rings. The molecule has 6 atom stereocenters. The van der Waals surface area contributed by atoms with Crippen LogP contribution >= 0.6 is 0 Å². The van der Waals surface area contributed by atoms with E-state index in [-0.39, 0.29) is 43.0 Å². The summed E-state index contributed by atoms with van der Waals surface area (Å²) in [6, 6.07) is 6.54. The molecule has 3 heterocycles. The number of carbonyl (C=O) groups is 3. The van der Waals surface area contributed by atoms with Crippen molar-refractivity contribution < 1.29 is 32.3 Å². The topological polar surface area (TPSA) is 144 Å². The molecule has 2 N–H and O–H groups in total. The highest BCUT2D eigenvalue weighted by molar-refractivity contribution is 7.91. The Bertz CT molecular complexity index is 1620. The second-order valence-electron chi connectivity index (χ2n) is 13.3. The summed E-state index contributed by atoms with van der Waals surface area (Å²) in [4.78, 5) is 47.3. The lowest BCUT2D eigenvalue weighted by Gasteiger charge is -2.27. The predicted molar refractivity (Wildman–Crippen MR) is 168 cm³/mol. The van der Waals surface area contributed by atoms with E-state index >= 15 is 0 Å². The smallest absolute Gasteiger partial charge is 0.259 e. The molecular weight excluding hydrogens is 596 g/mol. The van der Waals surface area contributed by atoms with Crippen molar-refractivity contribution in [2.24, 2.45) is 17.8 Å². The number of rotatable bonds is 6. The normalized spacial score (nSPS) is 31.5. The molecule has 3 amide bonds. The Hall–Kier alpha value is -3.67. The fourth-order valence-electron chi connectivity index (χ4n) is 6.61. The Labute approximate surface area is 264 Å². The van der Waals surface area contributed by atoms with Gasteiger partial charge >= 0.3 is 0 Å². The Morgan fingerprint density at radius 2 is 1.91 bits per heavy atom. The fraction of sp³-hybridized carbons (Fsp3) is 0.576. The van der Waals surface area contributed by atoms with Crippen molar-refractivity contribution in [3.8, 4) is 11.6 Å². The zero-order valence-corrected chi connectivity index (χ0v) is 26.8. The summed E-state index contributed by atoms with van der Waals surface area (Å²) >= 11 is 0. The first-order valence-electron chi connectivity index (χ1n) is 15.9. The van der Waals surface area contributed by atoms with Crippen molar-refractivity contribution in [1.82, 2.24) is 19.9 Å². The lowest BCUT2D eigenvalue weighted by molar-refractivity contribution is -0.140. The summed E-state index contributed by atoms with van der Waals surface area (Å²) in [5.41, 5.74) is -1.40. The van der Waals surface area contributed by atoms with Crippen LogP contribution in [0.25, 0.3) is 10.8 Å². The summed E-state index contributed by atoms with van der Waals surface area (Å²) in [7, 11) is -2.21. The maximum atomic E-state index is 14.0. The number of hydrogen-bond donors (Lipinski definition) is 2. The van der Waals surface area contributed by atoms with Crippen LogP contribution in [0, 0.1) is 17.8 Å². The van der Waals surface area contributed by atoms with E-state index in [1.807, 2.05) is 30.3 Å². The summed E-state index contributed by atoms with van der Waals surface area (Å²) < 4.78 is 39.3. The van der Waals surface area contributed by atoms with Gasteiger partial charge in [-0.15, -0.1) is 0 Å². The largest absolute Gasteiger partial charge is 0.497 e. The van der Waals surface area contributed by atoms with Crippen molar-refractivity contribution in [2.45, 2.75) is 88.1 Å². The number of pyridine rings is 1. The number of carbonyl (C=O) groups excluding carboxylic acids is 3. The molecular formula is C33H42N4O7S. The summed E-state index contributed by atoms with van der Waals surface area (Å²) in [5, 5.41) is 4.00. The third-order valence-corrected chi connectivity index (χ3v) is 11.4. The fourth-order valence-corrected chi connectivity index (χ4v) is 7.97. The molecule has 6 rings (SSSR count). The van der Waals surface area contributed by atoms with Crippen LogP contribution in [0.5, 0.6) is 11.6 Å². The molecule has 2 aliphatic carbocycles. The van der Waals surface area contributed by atoms with Gasteiger partial charge < -0.3 is 19.7 Å². The highest BCUT2D eigenvalue weighted by Gasteiger charge is 2.62.